The van der Waals surface area contributed by atoms with E-state index >= 15 is 0 Å². The number of hydrogen-bond acceptors (Lipinski definition) is 3. The summed E-state index contributed by atoms with van der Waals surface area (Å²) in [5.74, 6) is -0.275. The Labute approximate surface area is 178 Å². The van der Waals surface area contributed by atoms with Crippen molar-refractivity contribution < 1.29 is 8.78 Å². The first-order valence-corrected chi connectivity index (χ1v) is 11.1. The van der Waals surface area contributed by atoms with E-state index in [-0.39, 0.29) is 17.3 Å². The van der Waals surface area contributed by atoms with Crippen molar-refractivity contribution in [3.8, 4) is 11.1 Å². The zero-order valence-corrected chi connectivity index (χ0v) is 18.8. The molecule has 0 amide bonds. The first-order chi connectivity index (χ1) is 14.1. The smallest absolute Gasteiger partial charge is 0.182 e. The molecule has 2 fully saturated rings. The van der Waals surface area contributed by atoms with Crippen LogP contribution >= 0.6 is 0 Å². The molecule has 4 rings (SSSR count). The fourth-order valence-electron chi connectivity index (χ4n) is 5.14. The number of benzene rings is 1. The minimum atomic E-state index is -0.803. The minimum absolute atomic E-state index is 0.213. The number of nitrogens with zero attached hydrogens (tertiary/aromatic N) is 3. The summed E-state index contributed by atoms with van der Waals surface area (Å²) in [5.41, 5.74) is 2.22. The lowest BCUT2D eigenvalue weighted by atomic mass is 9.92. The molecule has 3 atom stereocenters. The maximum atomic E-state index is 14.8. The number of anilines is 1. The molecule has 0 unspecified atom stereocenters. The summed E-state index contributed by atoms with van der Waals surface area (Å²) < 4.78 is 31.3. The highest BCUT2D eigenvalue weighted by molar-refractivity contribution is 5.68. The van der Waals surface area contributed by atoms with E-state index in [1.54, 1.807) is 37.0 Å². The van der Waals surface area contributed by atoms with Gasteiger partial charge in [0.15, 0.2) is 11.6 Å². The Bertz CT molecular complexity index is 901. The van der Waals surface area contributed by atoms with Crippen molar-refractivity contribution in [2.24, 2.45) is 24.3 Å². The van der Waals surface area contributed by atoms with Gasteiger partial charge in [-0.2, -0.15) is 5.10 Å². The summed E-state index contributed by atoms with van der Waals surface area (Å²) in [7, 11) is 1.78. The molecular weight excluding hydrogens is 382 g/mol. The molecule has 164 valence electrons. The molecular formula is C24H34F2N4. The number of nitrogens with one attached hydrogen (secondary N) is 1. The minimum Gasteiger partial charge on any atom is -0.380 e. The number of likely N-dealkylation sites (tertiary alicyclic amines) is 1. The van der Waals surface area contributed by atoms with Crippen LogP contribution in [0.15, 0.2) is 18.3 Å². The molecule has 1 saturated heterocycles. The summed E-state index contributed by atoms with van der Waals surface area (Å²) in [4.78, 5) is 2.59. The van der Waals surface area contributed by atoms with Crippen molar-refractivity contribution in [2.45, 2.75) is 53.0 Å². The van der Waals surface area contributed by atoms with Gasteiger partial charge in [0, 0.05) is 43.5 Å². The first-order valence-electron chi connectivity index (χ1n) is 11.1. The van der Waals surface area contributed by atoms with E-state index < -0.39 is 11.6 Å². The SMILES string of the molecule is Cc1nn(C)cc1-c1ccc(N[C@H]2C[C@@H]3CN(CCC(C)(C)C)C[C@@H]3C2)c(F)c1F. The number of aryl methyl sites for hydroxylation is 2. The van der Waals surface area contributed by atoms with Gasteiger partial charge in [0.25, 0.3) is 0 Å². The van der Waals surface area contributed by atoms with Crippen molar-refractivity contribution in [3.05, 3.63) is 35.7 Å². The molecule has 2 aliphatic rings. The van der Waals surface area contributed by atoms with Crippen LogP contribution in [0.25, 0.3) is 11.1 Å². The van der Waals surface area contributed by atoms with Gasteiger partial charge in [0.05, 0.1) is 11.4 Å². The van der Waals surface area contributed by atoms with Gasteiger partial charge < -0.3 is 10.2 Å². The van der Waals surface area contributed by atoms with E-state index in [0.717, 1.165) is 32.5 Å². The highest BCUT2D eigenvalue weighted by Gasteiger charge is 2.41. The van der Waals surface area contributed by atoms with Crippen molar-refractivity contribution in [3.63, 3.8) is 0 Å². The van der Waals surface area contributed by atoms with Crippen molar-refractivity contribution in [1.29, 1.82) is 0 Å². The third-order valence-electron chi connectivity index (χ3n) is 6.75. The molecule has 1 aliphatic heterocycles. The molecule has 4 nitrogen and oxygen atoms in total. The first kappa shape index (κ1) is 21.3. The van der Waals surface area contributed by atoms with Crippen LogP contribution in [-0.2, 0) is 7.05 Å². The van der Waals surface area contributed by atoms with Gasteiger partial charge in [-0.05, 0) is 62.1 Å². The van der Waals surface area contributed by atoms with Crippen LogP contribution < -0.4 is 5.32 Å². The van der Waals surface area contributed by atoms with Crippen molar-refractivity contribution in [1.82, 2.24) is 14.7 Å². The van der Waals surface area contributed by atoms with E-state index in [9.17, 15) is 8.78 Å². The lowest BCUT2D eigenvalue weighted by molar-refractivity contribution is 0.250. The summed E-state index contributed by atoms with van der Waals surface area (Å²) in [6, 6.07) is 3.54. The zero-order valence-electron chi connectivity index (χ0n) is 18.8. The molecule has 1 aromatic carbocycles. The monoisotopic (exact) mass is 416 g/mol. The van der Waals surface area contributed by atoms with Crippen molar-refractivity contribution >= 4 is 5.69 Å². The second-order valence-electron chi connectivity index (χ2n) is 10.5. The predicted molar refractivity (Wildman–Crippen MR) is 117 cm³/mol. The molecule has 0 spiro atoms. The van der Waals surface area contributed by atoms with E-state index in [2.05, 4.69) is 36.1 Å². The number of rotatable bonds is 5. The highest BCUT2D eigenvalue weighted by Crippen LogP contribution is 2.40. The number of hydrogen-bond donors (Lipinski definition) is 1. The van der Waals surface area contributed by atoms with Gasteiger partial charge in [-0.25, -0.2) is 8.78 Å². The van der Waals surface area contributed by atoms with Gasteiger partial charge in [-0.3, -0.25) is 4.68 Å². The Morgan fingerprint density at radius 3 is 2.30 bits per heavy atom. The summed E-state index contributed by atoms with van der Waals surface area (Å²) in [6.07, 6.45) is 4.99. The molecule has 2 heterocycles. The third-order valence-corrected chi connectivity index (χ3v) is 6.75. The van der Waals surface area contributed by atoms with E-state index in [4.69, 9.17) is 0 Å². The normalized spacial score (nSPS) is 24.4. The van der Waals surface area contributed by atoms with E-state index in [1.165, 1.54) is 6.42 Å². The topological polar surface area (TPSA) is 33.1 Å². The molecule has 1 aromatic heterocycles. The van der Waals surface area contributed by atoms with Gasteiger partial charge in [-0.1, -0.05) is 20.8 Å². The highest BCUT2D eigenvalue weighted by atomic mass is 19.2. The average molecular weight is 417 g/mol. The van der Waals surface area contributed by atoms with Gasteiger partial charge in [0.1, 0.15) is 0 Å². The molecule has 2 aromatic rings. The van der Waals surface area contributed by atoms with Crippen LogP contribution in [0, 0.1) is 35.8 Å². The number of aromatic nitrogens is 2. The molecule has 30 heavy (non-hydrogen) atoms. The Kier molecular flexibility index (Phi) is 5.64. The summed E-state index contributed by atoms with van der Waals surface area (Å²) in [6.45, 7) is 12.1. The van der Waals surface area contributed by atoms with Crippen molar-refractivity contribution in [2.75, 3.05) is 25.0 Å². The van der Waals surface area contributed by atoms with Gasteiger partial charge in [0.2, 0.25) is 0 Å². The quantitative estimate of drug-likeness (QED) is 0.724. The predicted octanol–water partition coefficient (Wildman–Crippen LogP) is 5.23. The average Bonchev–Trinajstić information content (AvgIpc) is 3.29. The maximum absolute atomic E-state index is 14.8. The van der Waals surface area contributed by atoms with Crippen LogP contribution in [0.5, 0.6) is 0 Å². The largest absolute Gasteiger partial charge is 0.380 e. The van der Waals surface area contributed by atoms with E-state index in [0.29, 0.717) is 28.5 Å². The van der Waals surface area contributed by atoms with Crippen LogP contribution in [0.1, 0.15) is 45.7 Å². The molecule has 1 N–H and O–H groups in total. The molecule has 0 radical (unpaired) electrons. The Balaban J connectivity index is 1.39. The van der Waals surface area contributed by atoms with Crippen LogP contribution in [0.2, 0.25) is 0 Å². The fourth-order valence-corrected chi connectivity index (χ4v) is 5.14. The molecule has 0 bridgehead atoms. The third kappa shape index (κ3) is 4.39. The Morgan fingerprint density at radius 1 is 1.07 bits per heavy atom. The lowest BCUT2D eigenvalue weighted by Gasteiger charge is -2.24. The van der Waals surface area contributed by atoms with Crippen LogP contribution in [0.3, 0.4) is 0 Å². The number of fused-ring (bicyclic) bond motifs is 1. The Hall–Kier alpha value is -1.95. The standard InChI is InChI=1S/C24H34F2N4/c1-15-20(14-29(5)28-15)19-6-7-21(23(26)22(19)25)27-18-10-16-12-30(13-17(16)11-18)9-8-24(2,3)4/h6-7,14,16-18,27H,8-13H2,1-5H3/t16-,17+,18+. The van der Waals surface area contributed by atoms with Crippen LogP contribution in [0.4, 0.5) is 14.5 Å². The molecule has 6 heteroatoms. The second kappa shape index (κ2) is 7.95. The fraction of sp³-hybridized carbons (Fsp3) is 0.625. The number of halogens is 2. The van der Waals surface area contributed by atoms with Gasteiger partial charge in [-0.15, -0.1) is 0 Å². The summed E-state index contributed by atoms with van der Waals surface area (Å²) in [5, 5.41) is 7.53. The summed E-state index contributed by atoms with van der Waals surface area (Å²) >= 11 is 0. The Morgan fingerprint density at radius 2 is 1.73 bits per heavy atom. The van der Waals surface area contributed by atoms with E-state index in [1.807, 2.05) is 0 Å². The second-order valence-corrected chi connectivity index (χ2v) is 10.5. The van der Waals surface area contributed by atoms with Crippen LogP contribution in [-0.4, -0.2) is 40.4 Å². The maximum Gasteiger partial charge on any atom is 0.182 e. The molecule has 1 saturated carbocycles. The zero-order chi connectivity index (χ0) is 21.6. The lowest BCUT2D eigenvalue weighted by Crippen LogP contribution is -2.28. The molecule has 1 aliphatic carbocycles. The van der Waals surface area contributed by atoms with Gasteiger partial charge >= 0.3 is 0 Å².